The van der Waals surface area contributed by atoms with Gasteiger partial charge in [0, 0.05) is 39.3 Å². The van der Waals surface area contributed by atoms with E-state index in [0.717, 1.165) is 25.2 Å². The van der Waals surface area contributed by atoms with Crippen molar-refractivity contribution in [3.63, 3.8) is 0 Å². The first-order valence-electron chi connectivity index (χ1n) is 9.52. The molecule has 1 aromatic carbocycles. The molecule has 1 saturated heterocycles. The smallest absolute Gasteiger partial charge is 0.407 e. The van der Waals surface area contributed by atoms with Crippen molar-refractivity contribution in [3.05, 3.63) is 35.9 Å². The third-order valence-electron chi connectivity index (χ3n) is 4.40. The number of rotatable bonds is 6. The number of piperazine rings is 1. The molecule has 1 aliphatic rings. The average molecular weight is 377 g/mol. The van der Waals surface area contributed by atoms with Gasteiger partial charge in [-0.3, -0.25) is 9.69 Å². The minimum atomic E-state index is -0.507. The van der Waals surface area contributed by atoms with Crippen molar-refractivity contribution >= 4 is 12.0 Å². The minimum Gasteiger partial charge on any atom is -0.444 e. The molecular formula is C20H32N4O3. The zero-order valence-electron chi connectivity index (χ0n) is 16.6. The molecular weight excluding hydrogens is 344 g/mol. The number of carbonyl (C=O) groups excluding carboxylic acids is 2. The monoisotopic (exact) mass is 376 g/mol. The van der Waals surface area contributed by atoms with Gasteiger partial charge in [-0.05, 0) is 32.8 Å². The molecule has 0 saturated carbocycles. The summed E-state index contributed by atoms with van der Waals surface area (Å²) in [4.78, 5) is 28.3. The van der Waals surface area contributed by atoms with Gasteiger partial charge in [0.05, 0.1) is 6.04 Å². The molecule has 1 atom stereocenters. The van der Waals surface area contributed by atoms with Crippen LogP contribution in [0.1, 0.15) is 26.3 Å². The van der Waals surface area contributed by atoms with E-state index in [-0.39, 0.29) is 5.91 Å². The van der Waals surface area contributed by atoms with Crippen LogP contribution in [0.5, 0.6) is 0 Å². The molecule has 3 N–H and O–H groups in total. The number of hydrogen-bond acceptors (Lipinski definition) is 5. The molecule has 1 aromatic rings. The van der Waals surface area contributed by atoms with Gasteiger partial charge in [0.25, 0.3) is 0 Å². The van der Waals surface area contributed by atoms with Gasteiger partial charge in [-0.2, -0.15) is 0 Å². The largest absolute Gasteiger partial charge is 0.444 e. The Labute approximate surface area is 161 Å². The Bertz CT molecular complexity index is 607. The van der Waals surface area contributed by atoms with Crippen LogP contribution in [-0.4, -0.2) is 72.7 Å². The van der Waals surface area contributed by atoms with Crippen molar-refractivity contribution in [1.29, 1.82) is 0 Å². The SMILES string of the molecule is CC(C)(C)OC(=O)NCCN1CCN(C(=O)[C@@H](N)Cc2ccccc2)CC1. The normalized spacial score (nSPS) is 16.7. The standard InChI is InChI=1S/C20H32N4O3/c1-20(2,3)27-19(26)22-9-10-23-11-13-24(14-12-23)18(25)17(21)15-16-7-5-4-6-8-16/h4-8,17H,9-15,21H2,1-3H3,(H,22,26)/t17-/m0/s1. The number of benzene rings is 1. The highest BCUT2D eigenvalue weighted by Gasteiger charge is 2.25. The lowest BCUT2D eigenvalue weighted by molar-refractivity contribution is -0.134. The molecule has 2 amide bonds. The van der Waals surface area contributed by atoms with Crippen molar-refractivity contribution in [2.24, 2.45) is 5.73 Å². The highest BCUT2D eigenvalue weighted by molar-refractivity contribution is 5.82. The molecule has 150 valence electrons. The molecule has 1 heterocycles. The lowest BCUT2D eigenvalue weighted by atomic mass is 10.1. The summed E-state index contributed by atoms with van der Waals surface area (Å²) in [6, 6.07) is 9.33. The van der Waals surface area contributed by atoms with Crippen molar-refractivity contribution < 1.29 is 14.3 Å². The molecule has 0 spiro atoms. The van der Waals surface area contributed by atoms with E-state index < -0.39 is 17.7 Å². The molecule has 1 fully saturated rings. The summed E-state index contributed by atoms with van der Waals surface area (Å²) >= 11 is 0. The number of nitrogens with one attached hydrogen (secondary N) is 1. The number of nitrogens with zero attached hydrogens (tertiary/aromatic N) is 2. The van der Waals surface area contributed by atoms with Crippen molar-refractivity contribution in [1.82, 2.24) is 15.1 Å². The predicted octanol–water partition coefficient (Wildman–Crippen LogP) is 1.23. The molecule has 0 aliphatic carbocycles. The van der Waals surface area contributed by atoms with E-state index in [1.807, 2.05) is 56.0 Å². The van der Waals surface area contributed by atoms with Crippen LogP contribution >= 0.6 is 0 Å². The van der Waals surface area contributed by atoms with Crippen LogP contribution in [0.15, 0.2) is 30.3 Å². The fourth-order valence-electron chi connectivity index (χ4n) is 3.01. The molecule has 1 aliphatic heterocycles. The summed E-state index contributed by atoms with van der Waals surface area (Å²) in [6.45, 7) is 9.65. The number of hydrogen-bond donors (Lipinski definition) is 2. The second-order valence-electron chi connectivity index (χ2n) is 7.89. The number of carbonyl (C=O) groups is 2. The van der Waals surface area contributed by atoms with Gasteiger partial charge in [0.15, 0.2) is 0 Å². The number of amides is 2. The van der Waals surface area contributed by atoms with E-state index >= 15 is 0 Å². The van der Waals surface area contributed by atoms with Gasteiger partial charge in [0.1, 0.15) is 5.60 Å². The molecule has 2 rings (SSSR count). The topological polar surface area (TPSA) is 87.9 Å². The number of nitrogens with two attached hydrogens (primary N) is 1. The Morgan fingerprint density at radius 1 is 1.15 bits per heavy atom. The third-order valence-corrected chi connectivity index (χ3v) is 4.40. The second-order valence-corrected chi connectivity index (χ2v) is 7.89. The van der Waals surface area contributed by atoms with E-state index in [4.69, 9.17) is 10.5 Å². The molecule has 27 heavy (non-hydrogen) atoms. The minimum absolute atomic E-state index is 0.00498. The maximum Gasteiger partial charge on any atom is 0.407 e. The molecule has 0 bridgehead atoms. The number of alkyl carbamates (subject to hydrolysis) is 1. The van der Waals surface area contributed by atoms with Crippen LogP contribution < -0.4 is 11.1 Å². The summed E-state index contributed by atoms with van der Waals surface area (Å²) in [5.41, 5.74) is 6.70. The summed E-state index contributed by atoms with van der Waals surface area (Å²) in [7, 11) is 0. The maximum atomic E-state index is 12.6. The highest BCUT2D eigenvalue weighted by Crippen LogP contribution is 2.08. The Hall–Kier alpha value is -2.12. The molecule has 0 unspecified atom stereocenters. The van der Waals surface area contributed by atoms with E-state index in [1.165, 1.54) is 0 Å². The van der Waals surface area contributed by atoms with E-state index in [1.54, 1.807) is 0 Å². The van der Waals surface area contributed by atoms with Crippen molar-refractivity contribution in [3.8, 4) is 0 Å². The fourth-order valence-corrected chi connectivity index (χ4v) is 3.01. The first-order chi connectivity index (χ1) is 12.7. The lowest BCUT2D eigenvalue weighted by Gasteiger charge is -2.36. The zero-order chi connectivity index (χ0) is 19.9. The van der Waals surface area contributed by atoms with Gasteiger partial charge in [-0.15, -0.1) is 0 Å². The Balaban J connectivity index is 1.67. The first-order valence-corrected chi connectivity index (χ1v) is 9.52. The molecule has 7 heteroatoms. The number of ether oxygens (including phenoxy) is 1. The molecule has 0 aromatic heterocycles. The molecule has 7 nitrogen and oxygen atoms in total. The lowest BCUT2D eigenvalue weighted by Crippen LogP contribution is -2.54. The summed E-state index contributed by atoms with van der Waals surface area (Å²) in [5, 5.41) is 2.76. The molecule has 0 radical (unpaired) electrons. The van der Waals surface area contributed by atoms with Gasteiger partial charge < -0.3 is 20.7 Å². The Kier molecular flexibility index (Phi) is 7.62. The van der Waals surface area contributed by atoms with Crippen LogP contribution in [0.2, 0.25) is 0 Å². The Morgan fingerprint density at radius 2 is 1.78 bits per heavy atom. The zero-order valence-corrected chi connectivity index (χ0v) is 16.6. The average Bonchev–Trinajstić information content (AvgIpc) is 2.61. The second kappa shape index (κ2) is 9.71. The van der Waals surface area contributed by atoms with Gasteiger partial charge >= 0.3 is 6.09 Å². The van der Waals surface area contributed by atoms with E-state index in [2.05, 4.69) is 10.2 Å². The van der Waals surface area contributed by atoms with Gasteiger partial charge in [-0.25, -0.2) is 4.79 Å². The van der Waals surface area contributed by atoms with Gasteiger partial charge in [0.2, 0.25) is 5.91 Å². The Morgan fingerprint density at radius 3 is 2.37 bits per heavy atom. The summed E-state index contributed by atoms with van der Waals surface area (Å²) in [5.74, 6) is 0.00498. The van der Waals surface area contributed by atoms with Crippen molar-refractivity contribution in [2.45, 2.75) is 38.8 Å². The van der Waals surface area contributed by atoms with Crippen LogP contribution in [0.4, 0.5) is 4.79 Å². The quantitative estimate of drug-likeness (QED) is 0.780. The summed E-state index contributed by atoms with van der Waals surface area (Å²) < 4.78 is 5.22. The highest BCUT2D eigenvalue weighted by atomic mass is 16.6. The van der Waals surface area contributed by atoms with Crippen molar-refractivity contribution in [2.75, 3.05) is 39.3 Å². The first kappa shape index (κ1) is 21.2. The van der Waals surface area contributed by atoms with E-state index in [0.29, 0.717) is 26.1 Å². The predicted molar refractivity (Wildman–Crippen MR) is 105 cm³/mol. The third kappa shape index (κ3) is 7.56. The maximum absolute atomic E-state index is 12.6. The fraction of sp³-hybridized carbons (Fsp3) is 0.600. The van der Waals surface area contributed by atoms with Crippen LogP contribution in [0.3, 0.4) is 0 Å². The van der Waals surface area contributed by atoms with Crippen LogP contribution in [0.25, 0.3) is 0 Å². The van der Waals surface area contributed by atoms with E-state index in [9.17, 15) is 9.59 Å². The van der Waals surface area contributed by atoms with Gasteiger partial charge in [-0.1, -0.05) is 30.3 Å². The van der Waals surface area contributed by atoms with Crippen LogP contribution in [0, 0.1) is 0 Å². The summed E-state index contributed by atoms with van der Waals surface area (Å²) in [6.07, 6.45) is 0.155. The van der Waals surface area contributed by atoms with Crippen LogP contribution in [-0.2, 0) is 16.0 Å².